The van der Waals surface area contributed by atoms with Gasteiger partial charge < -0.3 is 26.2 Å². The quantitative estimate of drug-likeness (QED) is 0.141. The Morgan fingerprint density at radius 1 is 1.04 bits per heavy atom. The smallest absolute Gasteiger partial charge is 0.315 e. The molecule has 2 aliphatic carbocycles. The summed E-state index contributed by atoms with van der Waals surface area (Å²) in [5.41, 5.74) is -0.695. The summed E-state index contributed by atoms with van der Waals surface area (Å²) >= 11 is 0. The molecular formula is C35H60N6O7S. The van der Waals surface area contributed by atoms with Gasteiger partial charge in [0.25, 0.3) is 5.91 Å². The first-order valence-electron chi connectivity index (χ1n) is 17.8. The SMILES string of the molecule is C=CCNC(=O)C(=O)C(CCCC)NC(=O)[C@@H]1[C@@H]2[C@H](CN1C(=O)[C@@H](NC(=O)N[C@H](CN(C)S(C)(=O)=O)C(C)(C)C)C1CCCCC1)C2(C)C. The predicted molar refractivity (Wildman–Crippen MR) is 189 cm³/mol. The number of likely N-dealkylation sites (tertiary alicyclic amines) is 1. The number of Topliss-reactive ketones (excluding diaryl/α,β-unsaturated/α-hetero) is 1. The summed E-state index contributed by atoms with van der Waals surface area (Å²) in [5.74, 6) is -2.55. The summed E-state index contributed by atoms with van der Waals surface area (Å²) in [4.78, 5) is 69.6. The van der Waals surface area contributed by atoms with Crippen LogP contribution in [0.3, 0.4) is 0 Å². The van der Waals surface area contributed by atoms with Crippen molar-refractivity contribution in [3.05, 3.63) is 12.7 Å². The number of ketones is 1. The van der Waals surface area contributed by atoms with Crippen LogP contribution >= 0.6 is 0 Å². The molecule has 3 aliphatic rings. The number of likely N-dealkylation sites (N-methyl/N-ethyl adjacent to an activating group) is 1. The molecule has 0 aromatic rings. The van der Waals surface area contributed by atoms with E-state index in [0.717, 1.165) is 44.8 Å². The van der Waals surface area contributed by atoms with Crippen LogP contribution in [-0.4, -0.2) is 104 Å². The Bertz CT molecular complexity index is 1350. The van der Waals surface area contributed by atoms with Gasteiger partial charge in [0.05, 0.1) is 12.3 Å². The van der Waals surface area contributed by atoms with Crippen molar-refractivity contribution < 1.29 is 32.4 Å². The van der Waals surface area contributed by atoms with E-state index < -0.39 is 63.2 Å². The van der Waals surface area contributed by atoms with Crippen LogP contribution < -0.4 is 21.3 Å². The minimum Gasteiger partial charge on any atom is -0.346 e. The van der Waals surface area contributed by atoms with E-state index in [4.69, 9.17) is 0 Å². The number of fused-ring (bicyclic) bond motifs is 1. The molecule has 4 N–H and O–H groups in total. The standard InChI is InChI=1S/C35H60N6O7S/c1-10-12-18-24(29(42)31(44)36-19-11-2)37-30(43)28-26-23(35(26,6)7)20-41(28)32(45)27(22-16-14-13-15-17-22)39-33(46)38-25(34(3,4)5)21-40(8)49(9,47)48/h11,22-28H,2,10,12-21H2,1,3-9H3,(H,36,44)(H,37,43)(H2,38,39,46)/t23-,24?,25+,26-,27-,28-/m0/s1. The zero-order chi connectivity index (χ0) is 36.9. The predicted octanol–water partition coefficient (Wildman–Crippen LogP) is 2.57. The summed E-state index contributed by atoms with van der Waals surface area (Å²) in [6.07, 6.45) is 8.60. The summed E-state index contributed by atoms with van der Waals surface area (Å²) < 4.78 is 25.5. The van der Waals surface area contributed by atoms with Crippen molar-refractivity contribution in [1.29, 1.82) is 0 Å². The first kappa shape index (κ1) is 40.4. The minimum atomic E-state index is -3.50. The van der Waals surface area contributed by atoms with Crippen molar-refractivity contribution in [1.82, 2.24) is 30.5 Å². The maximum atomic E-state index is 14.6. The molecule has 0 spiro atoms. The molecule has 0 aromatic heterocycles. The van der Waals surface area contributed by atoms with Gasteiger partial charge in [-0.3, -0.25) is 19.2 Å². The van der Waals surface area contributed by atoms with E-state index >= 15 is 0 Å². The first-order chi connectivity index (χ1) is 22.7. The van der Waals surface area contributed by atoms with Gasteiger partial charge in [-0.25, -0.2) is 17.5 Å². The van der Waals surface area contributed by atoms with Gasteiger partial charge in [0.1, 0.15) is 12.1 Å². The molecular weight excluding hydrogens is 648 g/mol. The largest absolute Gasteiger partial charge is 0.346 e. The normalized spacial score (nSPS) is 23.9. The topological polar surface area (TPSA) is 174 Å². The molecule has 49 heavy (non-hydrogen) atoms. The number of rotatable bonds is 16. The molecule has 0 bridgehead atoms. The van der Waals surface area contributed by atoms with Crippen LogP contribution in [0.4, 0.5) is 4.79 Å². The number of nitrogens with one attached hydrogen (secondary N) is 4. The van der Waals surface area contributed by atoms with Crippen LogP contribution in [0, 0.1) is 28.6 Å². The Balaban J connectivity index is 1.87. The van der Waals surface area contributed by atoms with Crippen LogP contribution in [0.15, 0.2) is 12.7 Å². The number of sulfonamides is 1. The van der Waals surface area contributed by atoms with Gasteiger partial charge in [-0.05, 0) is 47.8 Å². The number of urea groups is 1. The van der Waals surface area contributed by atoms with Gasteiger partial charge in [-0.2, -0.15) is 0 Å². The Hall–Kier alpha value is -3.00. The van der Waals surface area contributed by atoms with Crippen LogP contribution in [0.25, 0.3) is 0 Å². The Kier molecular flexibility index (Phi) is 13.5. The lowest BCUT2D eigenvalue weighted by Crippen LogP contribution is -2.61. The number of piperidine rings is 1. The molecule has 278 valence electrons. The lowest BCUT2D eigenvalue weighted by molar-refractivity contribution is -0.144. The summed E-state index contributed by atoms with van der Waals surface area (Å²) in [7, 11) is -2.04. The highest BCUT2D eigenvalue weighted by Gasteiger charge is 2.69. The van der Waals surface area contributed by atoms with Crippen molar-refractivity contribution in [3.63, 3.8) is 0 Å². The molecule has 5 amide bonds. The third kappa shape index (κ3) is 10.0. The molecule has 13 nitrogen and oxygen atoms in total. The van der Waals surface area contributed by atoms with E-state index in [-0.39, 0.29) is 48.6 Å². The molecule has 3 fully saturated rings. The minimum absolute atomic E-state index is 0.0497. The Morgan fingerprint density at radius 2 is 1.67 bits per heavy atom. The van der Waals surface area contributed by atoms with Gasteiger partial charge in [-0.15, -0.1) is 6.58 Å². The second kappa shape index (κ2) is 16.3. The lowest BCUT2D eigenvalue weighted by atomic mass is 9.83. The maximum absolute atomic E-state index is 14.6. The van der Waals surface area contributed by atoms with Gasteiger partial charge in [0, 0.05) is 32.7 Å². The van der Waals surface area contributed by atoms with Crippen LogP contribution in [-0.2, 0) is 29.2 Å². The number of amides is 5. The van der Waals surface area contributed by atoms with Gasteiger partial charge in [0.2, 0.25) is 27.6 Å². The van der Waals surface area contributed by atoms with Crippen molar-refractivity contribution in [2.45, 2.75) is 117 Å². The highest BCUT2D eigenvalue weighted by atomic mass is 32.2. The van der Waals surface area contributed by atoms with E-state index in [9.17, 15) is 32.4 Å². The molecule has 1 unspecified atom stereocenters. The fraction of sp³-hybridized carbons (Fsp3) is 0.800. The molecule has 6 atom stereocenters. The van der Waals surface area contributed by atoms with Gasteiger partial charge in [0.15, 0.2) is 0 Å². The van der Waals surface area contributed by atoms with Crippen LogP contribution in [0.1, 0.15) is 92.9 Å². The summed E-state index contributed by atoms with van der Waals surface area (Å²) in [6, 6.07) is -3.93. The van der Waals surface area contributed by atoms with E-state index in [1.807, 2.05) is 27.7 Å². The molecule has 0 radical (unpaired) electrons. The van der Waals surface area contributed by atoms with E-state index in [0.29, 0.717) is 13.0 Å². The molecule has 2 saturated carbocycles. The highest BCUT2D eigenvalue weighted by molar-refractivity contribution is 7.88. The third-order valence-corrected chi connectivity index (χ3v) is 12.2. The molecule has 0 aromatic carbocycles. The molecule has 1 heterocycles. The summed E-state index contributed by atoms with van der Waals surface area (Å²) in [5, 5.41) is 11.2. The average Bonchev–Trinajstić information content (AvgIpc) is 3.33. The maximum Gasteiger partial charge on any atom is 0.315 e. The van der Waals surface area contributed by atoms with Crippen molar-refractivity contribution >= 4 is 39.6 Å². The first-order valence-corrected chi connectivity index (χ1v) is 19.6. The molecule has 3 rings (SSSR count). The van der Waals surface area contributed by atoms with E-state index in [1.165, 1.54) is 17.4 Å². The van der Waals surface area contributed by atoms with Crippen molar-refractivity contribution in [3.8, 4) is 0 Å². The fourth-order valence-corrected chi connectivity index (χ4v) is 7.87. The van der Waals surface area contributed by atoms with Crippen LogP contribution in [0.2, 0.25) is 0 Å². The highest BCUT2D eigenvalue weighted by Crippen LogP contribution is 2.65. The van der Waals surface area contributed by atoms with E-state index in [1.54, 1.807) is 4.90 Å². The van der Waals surface area contributed by atoms with Gasteiger partial charge in [-0.1, -0.05) is 79.7 Å². The fourth-order valence-electron chi connectivity index (χ4n) is 7.45. The van der Waals surface area contributed by atoms with Gasteiger partial charge >= 0.3 is 6.03 Å². The number of carbonyl (C=O) groups excluding carboxylic acids is 5. The van der Waals surface area contributed by atoms with Crippen molar-refractivity contribution in [2.24, 2.45) is 28.6 Å². The van der Waals surface area contributed by atoms with Crippen LogP contribution in [0.5, 0.6) is 0 Å². The third-order valence-electron chi connectivity index (χ3n) is 10.9. The Morgan fingerprint density at radius 3 is 2.22 bits per heavy atom. The number of unbranched alkanes of at least 4 members (excludes halogenated alkanes) is 1. The molecule has 1 saturated heterocycles. The zero-order valence-corrected chi connectivity index (χ0v) is 31.6. The van der Waals surface area contributed by atoms with E-state index in [2.05, 4.69) is 41.7 Å². The lowest BCUT2D eigenvalue weighted by Gasteiger charge is -2.38. The summed E-state index contributed by atoms with van der Waals surface area (Å²) in [6.45, 7) is 15.9. The zero-order valence-electron chi connectivity index (χ0n) is 30.8. The number of nitrogens with zero attached hydrogens (tertiary/aromatic N) is 2. The number of carbonyl (C=O) groups is 5. The molecule has 1 aliphatic heterocycles. The second-order valence-corrected chi connectivity index (χ2v) is 18.0. The average molecular weight is 709 g/mol. The second-order valence-electron chi connectivity index (χ2n) is 15.9. The number of hydrogen-bond acceptors (Lipinski definition) is 7. The molecule has 14 heteroatoms. The number of hydrogen-bond donors (Lipinski definition) is 4. The Labute approximate surface area is 293 Å². The monoisotopic (exact) mass is 708 g/mol. The van der Waals surface area contributed by atoms with Crippen molar-refractivity contribution in [2.75, 3.05) is 32.9 Å².